The summed E-state index contributed by atoms with van der Waals surface area (Å²) in [6.45, 7) is 3.96. The Hall–Kier alpha value is -1.72. The lowest BCUT2D eigenvalue weighted by Gasteiger charge is -2.19. The Bertz CT molecular complexity index is 628. The molecule has 0 heterocycles. The number of amides is 1. The lowest BCUT2D eigenvalue weighted by molar-refractivity contribution is -0.121. The molecule has 0 saturated heterocycles. The Morgan fingerprint density at radius 1 is 1.20 bits per heavy atom. The number of nitrogens with two attached hydrogens (primary N) is 1. The van der Waals surface area contributed by atoms with E-state index in [1.54, 1.807) is 6.07 Å². The van der Waals surface area contributed by atoms with Crippen LogP contribution in [-0.4, -0.2) is 16.3 Å². The highest BCUT2D eigenvalue weighted by Gasteiger charge is 2.23. The Labute approximate surface area is 122 Å². The highest BCUT2D eigenvalue weighted by atomic mass is 32.2. The summed E-state index contributed by atoms with van der Waals surface area (Å²) in [6.07, 6.45) is 0. The van der Waals surface area contributed by atoms with Crippen molar-refractivity contribution in [2.75, 3.05) is 0 Å². The molecule has 1 atom stereocenters. The normalized spacial score (nSPS) is 12.6. The molecule has 0 bridgehead atoms. The molecule has 0 aromatic heterocycles. The maximum absolute atomic E-state index is 11.9. The Balaban J connectivity index is 2.43. The lowest BCUT2D eigenvalue weighted by atomic mass is 10.1. The number of carbonyl (C=O) groups is 1. The smallest absolute Gasteiger partial charge is 0.247 e. The van der Waals surface area contributed by atoms with Crippen LogP contribution in [0.25, 0.3) is 10.8 Å². The minimum Gasteiger partial charge on any atom is -0.507 e. The van der Waals surface area contributed by atoms with Crippen LogP contribution in [0.3, 0.4) is 0 Å². The van der Waals surface area contributed by atoms with E-state index < -0.39 is 0 Å². The van der Waals surface area contributed by atoms with Gasteiger partial charge in [0, 0.05) is 10.3 Å². The van der Waals surface area contributed by atoms with E-state index in [0.29, 0.717) is 0 Å². The first-order valence-corrected chi connectivity index (χ1v) is 7.30. The quantitative estimate of drug-likeness (QED) is 0.350. The fourth-order valence-corrected chi connectivity index (χ4v) is 3.24. The third-order valence-electron chi connectivity index (χ3n) is 3.12. The number of carbonyl (C=O) groups excluding carboxylic acids is 1. The number of benzene rings is 2. The molecule has 2 rings (SSSR count). The lowest BCUT2D eigenvalue weighted by Crippen LogP contribution is -2.39. The first-order valence-electron chi connectivity index (χ1n) is 6.42. The number of phenols is 1. The summed E-state index contributed by atoms with van der Waals surface area (Å²) in [5, 5.41) is 11.3. The predicted octanol–water partition coefficient (Wildman–Crippen LogP) is 2.65. The number of hydrogen-bond acceptors (Lipinski definition) is 4. The van der Waals surface area contributed by atoms with E-state index in [4.69, 9.17) is 5.84 Å². The van der Waals surface area contributed by atoms with Gasteiger partial charge in [0.1, 0.15) is 5.75 Å². The molecule has 2 aromatic rings. The van der Waals surface area contributed by atoms with E-state index in [1.165, 1.54) is 11.8 Å². The van der Waals surface area contributed by atoms with Gasteiger partial charge in [0.2, 0.25) is 5.91 Å². The van der Waals surface area contributed by atoms with Gasteiger partial charge in [0.05, 0.1) is 5.25 Å². The van der Waals surface area contributed by atoms with E-state index in [2.05, 4.69) is 5.43 Å². The van der Waals surface area contributed by atoms with Crippen molar-refractivity contribution in [3.05, 3.63) is 36.4 Å². The summed E-state index contributed by atoms with van der Waals surface area (Å²) in [5.41, 5.74) is 2.22. The minimum atomic E-state index is -0.270. The van der Waals surface area contributed by atoms with E-state index in [9.17, 15) is 9.90 Å². The Morgan fingerprint density at radius 2 is 1.85 bits per heavy atom. The molecule has 1 unspecified atom stereocenters. The van der Waals surface area contributed by atoms with Crippen molar-refractivity contribution in [2.24, 2.45) is 11.8 Å². The summed E-state index contributed by atoms with van der Waals surface area (Å²) in [6, 6.07) is 11.1. The molecule has 0 radical (unpaired) electrons. The van der Waals surface area contributed by atoms with Gasteiger partial charge in [-0.15, -0.1) is 11.8 Å². The molecule has 4 N–H and O–H groups in total. The van der Waals surface area contributed by atoms with Crippen LogP contribution in [0.1, 0.15) is 13.8 Å². The largest absolute Gasteiger partial charge is 0.507 e. The highest BCUT2D eigenvalue weighted by molar-refractivity contribution is 8.00. The van der Waals surface area contributed by atoms with Crippen LogP contribution in [0, 0.1) is 5.92 Å². The minimum absolute atomic E-state index is 0.149. The van der Waals surface area contributed by atoms with Crippen LogP contribution in [0.2, 0.25) is 0 Å². The van der Waals surface area contributed by atoms with Gasteiger partial charge in [-0.3, -0.25) is 10.2 Å². The van der Waals surface area contributed by atoms with Crippen LogP contribution in [-0.2, 0) is 4.79 Å². The molecule has 0 aliphatic heterocycles. The zero-order valence-electron chi connectivity index (χ0n) is 11.5. The molecule has 0 aliphatic rings. The van der Waals surface area contributed by atoms with E-state index in [-0.39, 0.29) is 22.8 Å². The number of aromatic hydroxyl groups is 1. The van der Waals surface area contributed by atoms with Gasteiger partial charge in [-0.05, 0) is 23.4 Å². The average Bonchev–Trinajstić information content (AvgIpc) is 2.46. The second-order valence-electron chi connectivity index (χ2n) is 4.92. The third kappa shape index (κ3) is 2.89. The fourth-order valence-electron chi connectivity index (χ4n) is 2.07. The summed E-state index contributed by atoms with van der Waals surface area (Å²) < 4.78 is 0. The molecule has 2 aromatic carbocycles. The Morgan fingerprint density at radius 3 is 2.45 bits per heavy atom. The summed E-state index contributed by atoms with van der Waals surface area (Å²) in [7, 11) is 0. The SMILES string of the molecule is CC(C)C(Sc1ccc(O)c2ccccc12)C(=O)NN. The van der Waals surface area contributed by atoms with Gasteiger partial charge in [-0.25, -0.2) is 5.84 Å². The predicted molar refractivity (Wildman–Crippen MR) is 82.4 cm³/mol. The number of hydrogen-bond donors (Lipinski definition) is 3. The highest BCUT2D eigenvalue weighted by Crippen LogP contribution is 2.36. The van der Waals surface area contributed by atoms with Crippen molar-refractivity contribution in [2.45, 2.75) is 24.0 Å². The van der Waals surface area contributed by atoms with Gasteiger partial charge in [0.25, 0.3) is 0 Å². The molecule has 1 amide bonds. The zero-order valence-corrected chi connectivity index (χ0v) is 12.3. The second-order valence-corrected chi connectivity index (χ2v) is 6.10. The number of thioether (sulfide) groups is 1. The number of phenolic OH excluding ortho intramolecular Hbond substituents is 1. The van der Waals surface area contributed by atoms with Crippen molar-refractivity contribution in [1.82, 2.24) is 5.43 Å². The van der Waals surface area contributed by atoms with Gasteiger partial charge in [-0.2, -0.15) is 0 Å². The number of hydrazine groups is 1. The first kappa shape index (κ1) is 14.7. The van der Waals surface area contributed by atoms with Crippen molar-refractivity contribution in [3.8, 4) is 5.75 Å². The van der Waals surface area contributed by atoms with Crippen molar-refractivity contribution in [1.29, 1.82) is 0 Å². The molecule has 20 heavy (non-hydrogen) atoms. The van der Waals surface area contributed by atoms with E-state index >= 15 is 0 Å². The molecule has 4 nitrogen and oxygen atoms in total. The maximum atomic E-state index is 11.9. The number of fused-ring (bicyclic) bond motifs is 1. The van der Waals surface area contributed by atoms with Crippen LogP contribution >= 0.6 is 11.8 Å². The molecular weight excluding hydrogens is 272 g/mol. The summed E-state index contributed by atoms with van der Waals surface area (Å²) in [4.78, 5) is 12.8. The van der Waals surface area contributed by atoms with Crippen LogP contribution in [0.15, 0.2) is 41.3 Å². The topological polar surface area (TPSA) is 75.3 Å². The molecule has 0 fully saturated rings. The molecule has 106 valence electrons. The van der Waals surface area contributed by atoms with E-state index in [1.807, 2.05) is 44.2 Å². The van der Waals surface area contributed by atoms with Crippen LogP contribution in [0.4, 0.5) is 0 Å². The summed E-state index contributed by atoms with van der Waals surface area (Å²) in [5.74, 6) is 5.45. The van der Waals surface area contributed by atoms with Gasteiger partial charge >= 0.3 is 0 Å². The standard InChI is InChI=1S/C15H18N2O2S/c1-9(2)14(15(19)17-16)20-13-8-7-12(18)10-5-3-4-6-11(10)13/h3-9,14,18H,16H2,1-2H3,(H,17,19). The zero-order chi connectivity index (χ0) is 14.7. The molecule has 0 spiro atoms. The van der Waals surface area contributed by atoms with Crippen molar-refractivity contribution < 1.29 is 9.90 Å². The third-order valence-corrected chi connectivity index (χ3v) is 4.74. The monoisotopic (exact) mass is 290 g/mol. The number of rotatable bonds is 4. The molecule has 5 heteroatoms. The molecule has 0 saturated carbocycles. The van der Waals surface area contributed by atoms with Crippen LogP contribution < -0.4 is 11.3 Å². The van der Waals surface area contributed by atoms with Crippen molar-refractivity contribution in [3.63, 3.8) is 0 Å². The van der Waals surface area contributed by atoms with Gasteiger partial charge in [-0.1, -0.05) is 38.1 Å². The Kier molecular flexibility index (Phi) is 4.52. The van der Waals surface area contributed by atoms with Gasteiger partial charge < -0.3 is 5.11 Å². The maximum Gasteiger partial charge on any atom is 0.247 e. The number of nitrogens with one attached hydrogen (secondary N) is 1. The fraction of sp³-hybridized carbons (Fsp3) is 0.267. The average molecular weight is 290 g/mol. The molecule has 0 aliphatic carbocycles. The second kappa shape index (κ2) is 6.15. The van der Waals surface area contributed by atoms with Crippen LogP contribution in [0.5, 0.6) is 5.75 Å². The molecular formula is C15H18N2O2S. The van der Waals surface area contributed by atoms with Gasteiger partial charge in [0.15, 0.2) is 0 Å². The first-order chi connectivity index (χ1) is 9.54. The van der Waals surface area contributed by atoms with E-state index in [0.717, 1.165) is 15.7 Å². The van der Waals surface area contributed by atoms with Crippen molar-refractivity contribution >= 4 is 28.4 Å². The summed E-state index contributed by atoms with van der Waals surface area (Å²) >= 11 is 1.46.